The van der Waals surface area contributed by atoms with Crippen LogP contribution in [0.1, 0.15) is 4.88 Å². The molecular weight excluding hydrogens is 318 g/mol. The molecule has 2 heterocycles. The van der Waals surface area contributed by atoms with Crippen LogP contribution in [0.3, 0.4) is 0 Å². The first-order valence-electron chi connectivity index (χ1n) is 5.58. The lowest BCUT2D eigenvalue weighted by atomic mass is 10.2. The number of aromatic nitrogens is 2. The molecule has 1 N–H and O–H groups in total. The van der Waals surface area contributed by atoms with E-state index in [2.05, 4.69) is 27.6 Å². The van der Waals surface area contributed by atoms with E-state index in [1.165, 1.54) is 9.58 Å². The highest BCUT2D eigenvalue weighted by Crippen LogP contribution is 2.39. The van der Waals surface area contributed by atoms with Crippen molar-refractivity contribution in [3.05, 3.63) is 34.2 Å². The highest BCUT2D eigenvalue weighted by Gasteiger charge is 2.11. The first kappa shape index (κ1) is 13.2. The first-order valence-corrected chi connectivity index (χ1v) is 8.57. The minimum absolute atomic E-state index is 0.830. The van der Waals surface area contributed by atoms with Gasteiger partial charge in [-0.1, -0.05) is 52.9 Å². The van der Waals surface area contributed by atoms with Gasteiger partial charge in [-0.25, -0.2) is 0 Å². The van der Waals surface area contributed by atoms with Crippen molar-refractivity contribution in [1.82, 2.24) is 10.2 Å². The maximum atomic E-state index is 6.41. The zero-order valence-corrected chi connectivity index (χ0v) is 13.2. The molecule has 0 bridgehead atoms. The third-order valence-electron chi connectivity index (χ3n) is 2.55. The third kappa shape index (κ3) is 2.72. The molecule has 0 radical (unpaired) electrons. The van der Waals surface area contributed by atoms with Gasteiger partial charge in [0.2, 0.25) is 5.13 Å². The Morgan fingerprint density at radius 3 is 2.84 bits per heavy atom. The quantitative estimate of drug-likeness (QED) is 0.702. The largest absolute Gasteiger partial charge is 0.363 e. The fourth-order valence-electron chi connectivity index (χ4n) is 1.65. The zero-order chi connectivity index (χ0) is 13.2. The van der Waals surface area contributed by atoms with Gasteiger partial charge in [0.1, 0.15) is 0 Å². The van der Waals surface area contributed by atoms with Gasteiger partial charge in [0.25, 0.3) is 0 Å². The van der Waals surface area contributed by atoms with Gasteiger partial charge < -0.3 is 5.32 Å². The van der Waals surface area contributed by atoms with Crippen LogP contribution in [-0.2, 0) is 5.75 Å². The van der Waals surface area contributed by atoms with Gasteiger partial charge >= 0.3 is 0 Å². The lowest BCUT2D eigenvalue weighted by molar-refractivity contribution is 1.01. The van der Waals surface area contributed by atoms with Crippen molar-refractivity contribution in [3.8, 4) is 0 Å². The van der Waals surface area contributed by atoms with E-state index >= 15 is 0 Å². The van der Waals surface area contributed by atoms with Gasteiger partial charge in [0.15, 0.2) is 4.34 Å². The molecule has 0 aliphatic heterocycles. The van der Waals surface area contributed by atoms with E-state index in [0.717, 1.165) is 25.6 Å². The molecule has 0 fully saturated rings. The summed E-state index contributed by atoms with van der Waals surface area (Å²) in [4.78, 5) is 1.19. The van der Waals surface area contributed by atoms with Crippen LogP contribution in [0.5, 0.6) is 0 Å². The Hall–Kier alpha value is -0.820. The summed E-state index contributed by atoms with van der Waals surface area (Å²) < 4.78 is 2.19. The zero-order valence-electron chi connectivity index (χ0n) is 10.0. The Balaban J connectivity index is 1.79. The monoisotopic (exact) mass is 327 g/mol. The van der Waals surface area contributed by atoms with Crippen molar-refractivity contribution in [2.24, 2.45) is 0 Å². The first-order chi connectivity index (χ1) is 9.28. The standard InChI is InChI=1S/C12H10ClN3S3/c1-14-11-15-16-12(19-11)17-6-9-10(13)7-4-2-3-5-8(7)18-9/h2-5H,6H2,1H3,(H,14,15). The molecule has 0 aliphatic carbocycles. The van der Waals surface area contributed by atoms with E-state index in [4.69, 9.17) is 11.6 Å². The maximum absolute atomic E-state index is 6.41. The van der Waals surface area contributed by atoms with Gasteiger partial charge in [-0.15, -0.1) is 21.5 Å². The van der Waals surface area contributed by atoms with Crippen molar-refractivity contribution in [2.75, 3.05) is 12.4 Å². The van der Waals surface area contributed by atoms with Crippen LogP contribution >= 0.6 is 46.0 Å². The third-order valence-corrected chi connectivity index (χ3v) is 6.55. The second-order valence-electron chi connectivity index (χ2n) is 3.75. The van der Waals surface area contributed by atoms with E-state index in [9.17, 15) is 0 Å². The topological polar surface area (TPSA) is 37.8 Å². The van der Waals surface area contributed by atoms with Crippen LogP contribution in [0.15, 0.2) is 28.6 Å². The molecule has 7 heteroatoms. The number of hydrogen-bond acceptors (Lipinski definition) is 6. The van der Waals surface area contributed by atoms with E-state index in [1.807, 2.05) is 19.2 Å². The average molecular weight is 328 g/mol. The molecule has 0 unspecified atom stereocenters. The van der Waals surface area contributed by atoms with Crippen LogP contribution in [0.4, 0.5) is 5.13 Å². The number of hydrogen-bond donors (Lipinski definition) is 1. The normalized spacial score (nSPS) is 11.1. The average Bonchev–Trinajstić information content (AvgIpc) is 3.02. The minimum Gasteiger partial charge on any atom is -0.363 e. The summed E-state index contributed by atoms with van der Waals surface area (Å²) in [6.45, 7) is 0. The number of halogens is 1. The highest BCUT2D eigenvalue weighted by atomic mass is 35.5. The molecule has 3 rings (SSSR count). The second kappa shape index (κ2) is 5.66. The summed E-state index contributed by atoms with van der Waals surface area (Å²) in [6.07, 6.45) is 0. The molecule has 3 aromatic rings. The Bertz CT molecular complexity index is 707. The fraction of sp³-hybridized carbons (Fsp3) is 0.167. The molecule has 0 spiro atoms. The smallest absolute Gasteiger partial charge is 0.206 e. The van der Waals surface area contributed by atoms with Crippen molar-refractivity contribution in [3.63, 3.8) is 0 Å². The number of rotatable bonds is 4. The summed E-state index contributed by atoms with van der Waals surface area (Å²) in [7, 11) is 1.85. The number of fused-ring (bicyclic) bond motifs is 1. The van der Waals surface area contributed by atoms with E-state index in [0.29, 0.717) is 0 Å². The molecule has 0 aliphatic rings. The Morgan fingerprint density at radius 2 is 2.11 bits per heavy atom. The van der Waals surface area contributed by atoms with Crippen molar-refractivity contribution < 1.29 is 0 Å². The number of benzene rings is 1. The second-order valence-corrected chi connectivity index (χ2v) is 7.46. The van der Waals surface area contributed by atoms with Gasteiger partial charge in [-0.2, -0.15) is 0 Å². The van der Waals surface area contributed by atoms with Gasteiger partial charge in [-0.3, -0.25) is 0 Å². The molecule has 19 heavy (non-hydrogen) atoms. The summed E-state index contributed by atoms with van der Waals surface area (Å²) in [5, 5.41) is 14.0. The molecule has 1 aromatic carbocycles. The van der Waals surface area contributed by atoms with Crippen LogP contribution < -0.4 is 5.32 Å². The summed E-state index contributed by atoms with van der Waals surface area (Å²) in [6, 6.07) is 8.22. The van der Waals surface area contributed by atoms with Crippen molar-refractivity contribution in [1.29, 1.82) is 0 Å². The number of nitrogens with one attached hydrogen (secondary N) is 1. The van der Waals surface area contributed by atoms with Crippen molar-refractivity contribution >= 4 is 61.3 Å². The summed E-state index contributed by atoms with van der Waals surface area (Å²) >= 11 is 11.4. The van der Waals surface area contributed by atoms with E-state index < -0.39 is 0 Å². The predicted molar refractivity (Wildman–Crippen MR) is 85.9 cm³/mol. The predicted octanol–water partition coefficient (Wildman–Crippen LogP) is 4.74. The molecule has 2 aromatic heterocycles. The van der Waals surface area contributed by atoms with Crippen LogP contribution in [0.2, 0.25) is 5.02 Å². The molecule has 0 saturated carbocycles. The molecule has 0 amide bonds. The summed E-state index contributed by atoms with van der Waals surface area (Å²) in [5.41, 5.74) is 0. The number of thiophene rings is 1. The van der Waals surface area contributed by atoms with Crippen molar-refractivity contribution in [2.45, 2.75) is 10.1 Å². The highest BCUT2D eigenvalue weighted by molar-refractivity contribution is 8.00. The Kier molecular flexibility index (Phi) is 3.93. The van der Waals surface area contributed by atoms with Crippen LogP contribution in [-0.4, -0.2) is 17.2 Å². The lowest BCUT2D eigenvalue weighted by Crippen LogP contribution is -1.84. The van der Waals surface area contributed by atoms with Gasteiger partial charge in [0, 0.05) is 27.8 Å². The van der Waals surface area contributed by atoms with E-state index in [-0.39, 0.29) is 0 Å². The van der Waals surface area contributed by atoms with E-state index in [1.54, 1.807) is 34.4 Å². The van der Waals surface area contributed by atoms with Crippen LogP contribution in [0, 0.1) is 0 Å². The number of nitrogens with zero attached hydrogens (tertiary/aromatic N) is 2. The molecule has 0 atom stereocenters. The minimum atomic E-state index is 0.830. The van der Waals surface area contributed by atoms with Gasteiger partial charge in [0.05, 0.1) is 5.02 Å². The molecular formula is C12H10ClN3S3. The maximum Gasteiger partial charge on any atom is 0.206 e. The van der Waals surface area contributed by atoms with Gasteiger partial charge in [-0.05, 0) is 6.07 Å². The molecule has 98 valence electrons. The number of anilines is 1. The Labute approximate surface area is 128 Å². The summed E-state index contributed by atoms with van der Waals surface area (Å²) in [5.74, 6) is 0.830. The van der Waals surface area contributed by atoms with Crippen LogP contribution in [0.25, 0.3) is 10.1 Å². The number of thioether (sulfide) groups is 1. The SMILES string of the molecule is CNc1nnc(SCc2sc3ccccc3c2Cl)s1. The fourth-order valence-corrected chi connectivity index (χ4v) is 5.02. The molecule has 3 nitrogen and oxygen atoms in total. The lowest BCUT2D eigenvalue weighted by Gasteiger charge is -1.95. The Morgan fingerprint density at radius 1 is 1.26 bits per heavy atom. The molecule has 0 saturated heterocycles.